The molecule has 0 aliphatic carbocycles. The van der Waals surface area contributed by atoms with Crippen molar-refractivity contribution < 1.29 is 8.91 Å². The molecule has 0 atom stereocenters. The second-order valence-electron chi connectivity index (χ2n) is 2.59. The van der Waals surface area contributed by atoms with Gasteiger partial charge < -0.3 is 10.3 Å². The number of hydrogen-bond donors (Lipinski definition) is 1. The van der Waals surface area contributed by atoms with Gasteiger partial charge in [0.1, 0.15) is 11.5 Å². The Morgan fingerprint density at radius 3 is 3.00 bits per heavy atom. The highest BCUT2D eigenvalue weighted by atomic mass is 79.9. The summed E-state index contributed by atoms with van der Waals surface area (Å²) < 4.78 is 18.9. The van der Waals surface area contributed by atoms with E-state index in [1.165, 1.54) is 6.07 Å². The first-order chi connectivity index (χ1) is 6.22. The Bertz CT molecular complexity index is 455. The highest BCUT2D eigenvalue weighted by Crippen LogP contribution is 2.25. The van der Waals surface area contributed by atoms with Gasteiger partial charge in [-0.15, -0.1) is 0 Å². The number of rotatable bonds is 1. The van der Waals surface area contributed by atoms with E-state index in [0.29, 0.717) is 21.1 Å². The average molecular weight is 245 g/mol. The molecule has 3 nitrogen and oxygen atoms in total. The molecule has 0 fully saturated rings. The number of benzene rings is 1. The molecule has 0 aliphatic heterocycles. The quantitative estimate of drug-likeness (QED) is 0.837. The summed E-state index contributed by atoms with van der Waals surface area (Å²) in [5, 5.41) is 4.02. The SMILES string of the molecule is NCc1noc2cc(Br)cc(F)c12. The van der Waals surface area contributed by atoms with Crippen molar-refractivity contribution in [3.63, 3.8) is 0 Å². The molecule has 0 unspecified atom stereocenters. The van der Waals surface area contributed by atoms with Gasteiger partial charge in [-0.1, -0.05) is 21.1 Å². The van der Waals surface area contributed by atoms with Crippen molar-refractivity contribution in [1.82, 2.24) is 5.16 Å². The number of nitrogens with two attached hydrogens (primary N) is 1. The van der Waals surface area contributed by atoms with Crippen molar-refractivity contribution in [3.8, 4) is 0 Å². The first kappa shape index (κ1) is 8.65. The van der Waals surface area contributed by atoms with Crippen molar-refractivity contribution in [2.24, 2.45) is 5.73 Å². The van der Waals surface area contributed by atoms with Crippen LogP contribution >= 0.6 is 15.9 Å². The van der Waals surface area contributed by atoms with E-state index < -0.39 is 0 Å². The zero-order chi connectivity index (χ0) is 9.42. The molecular formula is C8H6BrFN2O. The van der Waals surface area contributed by atoms with Crippen LogP contribution in [0, 0.1) is 5.82 Å². The van der Waals surface area contributed by atoms with Gasteiger partial charge in [0.15, 0.2) is 5.58 Å². The Morgan fingerprint density at radius 1 is 1.54 bits per heavy atom. The number of aromatic nitrogens is 1. The lowest BCUT2D eigenvalue weighted by molar-refractivity contribution is 0.446. The minimum absolute atomic E-state index is 0.172. The van der Waals surface area contributed by atoms with Gasteiger partial charge in [-0.25, -0.2) is 4.39 Å². The lowest BCUT2D eigenvalue weighted by Gasteiger charge is -1.93. The molecule has 1 aromatic heterocycles. The van der Waals surface area contributed by atoms with E-state index in [-0.39, 0.29) is 12.4 Å². The van der Waals surface area contributed by atoms with E-state index in [4.69, 9.17) is 10.3 Å². The number of fused-ring (bicyclic) bond motifs is 1. The fourth-order valence-electron chi connectivity index (χ4n) is 1.19. The average Bonchev–Trinajstić information content (AvgIpc) is 2.47. The van der Waals surface area contributed by atoms with Gasteiger partial charge >= 0.3 is 0 Å². The molecule has 1 aromatic carbocycles. The van der Waals surface area contributed by atoms with Crippen LogP contribution in [0.5, 0.6) is 0 Å². The molecule has 0 saturated heterocycles. The Hall–Kier alpha value is -0.940. The first-order valence-corrected chi connectivity index (χ1v) is 4.45. The summed E-state index contributed by atoms with van der Waals surface area (Å²) in [5.41, 5.74) is 6.22. The molecule has 0 amide bonds. The third kappa shape index (κ3) is 1.34. The van der Waals surface area contributed by atoms with Crippen LogP contribution in [0.1, 0.15) is 5.69 Å². The second kappa shape index (κ2) is 3.08. The monoisotopic (exact) mass is 244 g/mol. The van der Waals surface area contributed by atoms with Crippen LogP contribution in [0.15, 0.2) is 21.1 Å². The lowest BCUT2D eigenvalue weighted by atomic mass is 10.2. The molecule has 5 heteroatoms. The van der Waals surface area contributed by atoms with Crippen molar-refractivity contribution in [1.29, 1.82) is 0 Å². The maximum Gasteiger partial charge on any atom is 0.171 e. The van der Waals surface area contributed by atoms with Crippen LogP contribution in [0.2, 0.25) is 0 Å². The van der Waals surface area contributed by atoms with Crippen LogP contribution in [0.3, 0.4) is 0 Å². The fourth-order valence-corrected chi connectivity index (χ4v) is 1.60. The van der Waals surface area contributed by atoms with Gasteiger partial charge in [-0.2, -0.15) is 0 Å². The van der Waals surface area contributed by atoms with E-state index in [0.717, 1.165) is 0 Å². The van der Waals surface area contributed by atoms with Crippen molar-refractivity contribution >= 4 is 26.9 Å². The number of hydrogen-bond acceptors (Lipinski definition) is 3. The molecule has 2 N–H and O–H groups in total. The standard InChI is InChI=1S/C8H6BrFN2O/c9-4-1-5(10)8-6(3-11)12-13-7(8)2-4/h1-2H,3,11H2. The first-order valence-electron chi connectivity index (χ1n) is 3.65. The number of halogens is 2. The molecule has 13 heavy (non-hydrogen) atoms. The van der Waals surface area contributed by atoms with Gasteiger partial charge in [-0.3, -0.25) is 0 Å². The smallest absolute Gasteiger partial charge is 0.171 e. The highest BCUT2D eigenvalue weighted by Gasteiger charge is 2.12. The summed E-state index contributed by atoms with van der Waals surface area (Å²) in [6.45, 7) is 0.172. The van der Waals surface area contributed by atoms with Crippen LogP contribution in [-0.4, -0.2) is 5.16 Å². The van der Waals surface area contributed by atoms with E-state index in [1.807, 2.05) is 0 Å². The molecule has 0 radical (unpaired) electrons. The van der Waals surface area contributed by atoms with E-state index in [1.54, 1.807) is 6.07 Å². The van der Waals surface area contributed by atoms with E-state index in [2.05, 4.69) is 21.1 Å². The molecule has 2 aromatic rings. The van der Waals surface area contributed by atoms with Crippen LogP contribution < -0.4 is 5.73 Å². The van der Waals surface area contributed by atoms with Gasteiger partial charge in [0.25, 0.3) is 0 Å². The molecule has 0 saturated carbocycles. The molecule has 2 rings (SSSR count). The van der Waals surface area contributed by atoms with Crippen LogP contribution in [-0.2, 0) is 6.54 Å². The summed E-state index contributed by atoms with van der Waals surface area (Å²) in [5.74, 6) is -0.369. The van der Waals surface area contributed by atoms with Crippen molar-refractivity contribution in [2.75, 3.05) is 0 Å². The molecule has 0 aliphatic rings. The Balaban J connectivity index is 2.82. The van der Waals surface area contributed by atoms with Crippen LogP contribution in [0.4, 0.5) is 4.39 Å². The molecule has 1 heterocycles. The van der Waals surface area contributed by atoms with Crippen molar-refractivity contribution in [3.05, 3.63) is 28.1 Å². The van der Waals surface area contributed by atoms with E-state index in [9.17, 15) is 4.39 Å². The highest BCUT2D eigenvalue weighted by molar-refractivity contribution is 9.10. The van der Waals surface area contributed by atoms with Gasteiger partial charge in [0.2, 0.25) is 0 Å². The second-order valence-corrected chi connectivity index (χ2v) is 3.51. The largest absolute Gasteiger partial charge is 0.356 e. The van der Waals surface area contributed by atoms with E-state index >= 15 is 0 Å². The minimum atomic E-state index is -0.369. The third-order valence-electron chi connectivity index (χ3n) is 1.75. The third-order valence-corrected chi connectivity index (χ3v) is 2.21. The lowest BCUT2D eigenvalue weighted by Crippen LogP contribution is -1.97. The minimum Gasteiger partial charge on any atom is -0.356 e. The predicted octanol–water partition coefficient (Wildman–Crippen LogP) is 2.19. The maximum absolute atomic E-state index is 13.3. The summed E-state index contributed by atoms with van der Waals surface area (Å²) in [6, 6.07) is 3.02. The molecule has 68 valence electrons. The summed E-state index contributed by atoms with van der Waals surface area (Å²) in [4.78, 5) is 0. The summed E-state index contributed by atoms with van der Waals surface area (Å²) in [7, 11) is 0. The molecule has 0 spiro atoms. The normalized spacial score (nSPS) is 11.0. The zero-order valence-electron chi connectivity index (χ0n) is 6.55. The summed E-state index contributed by atoms with van der Waals surface area (Å²) >= 11 is 3.16. The van der Waals surface area contributed by atoms with Crippen LogP contribution in [0.25, 0.3) is 11.0 Å². The topological polar surface area (TPSA) is 52.0 Å². The maximum atomic E-state index is 13.3. The van der Waals surface area contributed by atoms with Gasteiger partial charge in [-0.05, 0) is 12.1 Å². The Morgan fingerprint density at radius 2 is 2.31 bits per heavy atom. The number of nitrogens with zero attached hydrogens (tertiary/aromatic N) is 1. The van der Waals surface area contributed by atoms with Crippen molar-refractivity contribution in [2.45, 2.75) is 6.54 Å². The predicted molar refractivity (Wildman–Crippen MR) is 49.6 cm³/mol. The zero-order valence-corrected chi connectivity index (χ0v) is 8.14. The summed E-state index contributed by atoms with van der Waals surface area (Å²) in [6.07, 6.45) is 0. The Kier molecular flexibility index (Phi) is 2.05. The molecular weight excluding hydrogens is 239 g/mol. The van der Waals surface area contributed by atoms with Gasteiger partial charge in [0.05, 0.1) is 5.39 Å². The fraction of sp³-hybridized carbons (Fsp3) is 0.125. The Labute approximate surface area is 81.8 Å². The van der Waals surface area contributed by atoms with Gasteiger partial charge in [0, 0.05) is 11.0 Å². The molecule has 0 bridgehead atoms.